The molecule has 1 aliphatic heterocycles. The van der Waals surface area contributed by atoms with Gasteiger partial charge in [-0.25, -0.2) is 9.59 Å². The van der Waals surface area contributed by atoms with Gasteiger partial charge >= 0.3 is 12.1 Å². The number of methoxy groups -OCH3 is 1. The first-order chi connectivity index (χ1) is 17.9. The van der Waals surface area contributed by atoms with Crippen LogP contribution < -0.4 is 25.6 Å². The summed E-state index contributed by atoms with van der Waals surface area (Å²) in [5.41, 5.74) is 4.17. The third-order valence-corrected chi connectivity index (χ3v) is 6.50. The number of piperazine rings is 1. The summed E-state index contributed by atoms with van der Waals surface area (Å²) in [6.07, 6.45) is 0. The van der Waals surface area contributed by atoms with E-state index in [1.165, 1.54) is 0 Å². The molecular weight excluding hydrogens is 536 g/mol. The van der Waals surface area contributed by atoms with Crippen molar-refractivity contribution in [2.75, 3.05) is 54.1 Å². The fourth-order valence-electron chi connectivity index (χ4n) is 4.04. The molecular formula is C27H27BrN6O3. The van der Waals surface area contributed by atoms with E-state index < -0.39 is 0 Å². The minimum absolute atomic E-state index is 0.228. The summed E-state index contributed by atoms with van der Waals surface area (Å²) < 4.78 is 6.09. The Bertz CT molecular complexity index is 1330. The highest BCUT2D eigenvalue weighted by Gasteiger charge is 2.22. The van der Waals surface area contributed by atoms with Crippen LogP contribution in [0.25, 0.3) is 0 Å². The van der Waals surface area contributed by atoms with Crippen LogP contribution in [0.4, 0.5) is 32.3 Å². The van der Waals surface area contributed by atoms with Crippen molar-refractivity contribution in [3.63, 3.8) is 0 Å². The predicted molar refractivity (Wildman–Crippen MR) is 148 cm³/mol. The molecule has 9 nitrogen and oxygen atoms in total. The maximum absolute atomic E-state index is 12.7. The van der Waals surface area contributed by atoms with Gasteiger partial charge in [-0.15, -0.1) is 0 Å². The summed E-state index contributed by atoms with van der Waals surface area (Å²) in [7, 11) is 1.56. The molecule has 3 aromatic rings. The lowest BCUT2D eigenvalue weighted by molar-refractivity contribution is 0.208. The number of amides is 4. The van der Waals surface area contributed by atoms with Gasteiger partial charge in [0.05, 0.1) is 24.0 Å². The molecule has 0 spiro atoms. The molecule has 1 fully saturated rings. The van der Waals surface area contributed by atoms with E-state index in [1.54, 1.807) is 30.2 Å². The van der Waals surface area contributed by atoms with Crippen LogP contribution in [-0.4, -0.2) is 50.3 Å². The largest absolute Gasteiger partial charge is 0.495 e. The summed E-state index contributed by atoms with van der Waals surface area (Å²) in [4.78, 5) is 29.1. The average molecular weight is 563 g/mol. The molecule has 0 bridgehead atoms. The van der Waals surface area contributed by atoms with Crippen molar-refractivity contribution in [2.45, 2.75) is 6.92 Å². The van der Waals surface area contributed by atoms with Crippen molar-refractivity contribution in [2.24, 2.45) is 0 Å². The number of nitriles is 1. The summed E-state index contributed by atoms with van der Waals surface area (Å²) in [6.45, 7) is 4.37. The molecule has 0 aromatic heterocycles. The molecule has 4 amide bonds. The molecule has 3 N–H and O–H groups in total. The van der Waals surface area contributed by atoms with Crippen molar-refractivity contribution in [3.05, 3.63) is 76.3 Å². The number of urea groups is 2. The lowest BCUT2D eigenvalue weighted by atomic mass is 10.2. The van der Waals surface area contributed by atoms with E-state index >= 15 is 0 Å². The standard InChI is InChI=1S/C27H27BrN6O3/c1-18-3-10-25(37-2)24(15-18)31-26(35)30-21-5-7-22(8-6-21)33-11-13-34(14-12-33)27(36)32-23-9-4-20(28)16-19(23)17-29/h3-10,15-16H,11-14H2,1-2H3,(H,32,36)(H2,30,31,35). The first-order valence-corrected chi connectivity index (χ1v) is 12.5. The number of benzene rings is 3. The zero-order valence-corrected chi connectivity index (χ0v) is 22.1. The molecule has 0 atom stereocenters. The number of nitrogens with one attached hydrogen (secondary N) is 3. The van der Waals surface area contributed by atoms with Gasteiger partial charge < -0.3 is 30.5 Å². The van der Waals surface area contributed by atoms with Gasteiger partial charge in [0.2, 0.25) is 0 Å². The Morgan fingerprint density at radius 2 is 1.65 bits per heavy atom. The molecule has 1 aliphatic rings. The number of ether oxygens (including phenoxy) is 1. The SMILES string of the molecule is COc1ccc(C)cc1NC(=O)Nc1ccc(N2CCN(C(=O)Nc3ccc(Br)cc3C#N)CC2)cc1. The molecule has 0 unspecified atom stereocenters. The molecule has 0 aliphatic carbocycles. The van der Waals surface area contributed by atoms with Gasteiger partial charge in [0.15, 0.2) is 0 Å². The monoisotopic (exact) mass is 562 g/mol. The van der Waals surface area contributed by atoms with E-state index in [2.05, 4.69) is 42.8 Å². The van der Waals surface area contributed by atoms with E-state index in [0.717, 1.165) is 15.7 Å². The van der Waals surface area contributed by atoms with Crippen molar-refractivity contribution < 1.29 is 14.3 Å². The Morgan fingerprint density at radius 1 is 0.919 bits per heavy atom. The van der Waals surface area contributed by atoms with Gasteiger partial charge in [-0.05, 0) is 67.1 Å². The molecule has 10 heteroatoms. The first kappa shape index (κ1) is 25.9. The number of aryl methyl sites for hydroxylation is 1. The number of hydrogen-bond donors (Lipinski definition) is 3. The molecule has 0 saturated carbocycles. The lowest BCUT2D eigenvalue weighted by Gasteiger charge is -2.36. The molecule has 1 heterocycles. The maximum atomic E-state index is 12.7. The molecule has 1 saturated heterocycles. The fourth-order valence-corrected chi connectivity index (χ4v) is 4.40. The van der Waals surface area contributed by atoms with Gasteiger partial charge in [-0.1, -0.05) is 22.0 Å². The normalized spacial score (nSPS) is 12.9. The van der Waals surface area contributed by atoms with Crippen LogP contribution in [0.2, 0.25) is 0 Å². The zero-order chi connectivity index (χ0) is 26.4. The second-order valence-corrected chi connectivity index (χ2v) is 9.45. The lowest BCUT2D eigenvalue weighted by Crippen LogP contribution is -2.50. The average Bonchev–Trinajstić information content (AvgIpc) is 2.90. The number of carbonyl (C=O) groups excluding carboxylic acids is 2. The van der Waals surface area contributed by atoms with Crippen LogP contribution in [0.5, 0.6) is 5.75 Å². The highest BCUT2D eigenvalue weighted by atomic mass is 79.9. The summed E-state index contributed by atoms with van der Waals surface area (Å²) in [6, 6.07) is 19.8. The number of rotatable bonds is 5. The number of hydrogen-bond acceptors (Lipinski definition) is 5. The smallest absolute Gasteiger partial charge is 0.323 e. The predicted octanol–water partition coefficient (Wildman–Crippen LogP) is 5.64. The fraction of sp³-hybridized carbons (Fsp3) is 0.222. The molecule has 190 valence electrons. The van der Waals surface area contributed by atoms with Crippen molar-refractivity contribution >= 4 is 50.7 Å². The van der Waals surface area contributed by atoms with E-state index in [0.29, 0.717) is 54.6 Å². The van der Waals surface area contributed by atoms with E-state index in [4.69, 9.17) is 4.74 Å². The second-order valence-electron chi connectivity index (χ2n) is 8.54. The highest BCUT2D eigenvalue weighted by molar-refractivity contribution is 9.10. The number of halogens is 1. The third-order valence-electron chi connectivity index (χ3n) is 6.00. The Morgan fingerprint density at radius 3 is 2.32 bits per heavy atom. The van der Waals surface area contributed by atoms with Crippen LogP contribution in [0.1, 0.15) is 11.1 Å². The van der Waals surface area contributed by atoms with Crippen LogP contribution in [0.3, 0.4) is 0 Å². The van der Waals surface area contributed by atoms with E-state index in [9.17, 15) is 14.9 Å². The molecule has 37 heavy (non-hydrogen) atoms. The summed E-state index contributed by atoms with van der Waals surface area (Å²) >= 11 is 3.34. The summed E-state index contributed by atoms with van der Waals surface area (Å²) in [5, 5.41) is 17.8. The topological polar surface area (TPSA) is 110 Å². The zero-order valence-electron chi connectivity index (χ0n) is 20.5. The van der Waals surface area contributed by atoms with Crippen LogP contribution >= 0.6 is 15.9 Å². The van der Waals surface area contributed by atoms with Crippen molar-refractivity contribution in [1.82, 2.24) is 4.90 Å². The Labute approximate surface area is 224 Å². The minimum Gasteiger partial charge on any atom is -0.495 e. The third kappa shape index (κ3) is 6.51. The van der Waals surface area contributed by atoms with Crippen LogP contribution in [-0.2, 0) is 0 Å². The van der Waals surface area contributed by atoms with E-state index in [-0.39, 0.29) is 12.1 Å². The quantitative estimate of drug-likeness (QED) is 0.373. The highest BCUT2D eigenvalue weighted by Crippen LogP contribution is 2.26. The molecule has 4 rings (SSSR count). The number of carbonyl (C=O) groups is 2. The number of nitrogens with zero attached hydrogens (tertiary/aromatic N) is 3. The van der Waals surface area contributed by atoms with Gasteiger partial charge in [-0.3, -0.25) is 0 Å². The molecule has 0 radical (unpaired) electrons. The minimum atomic E-state index is -0.360. The van der Waals surface area contributed by atoms with Gasteiger partial charge in [0.1, 0.15) is 11.8 Å². The second kappa shape index (κ2) is 11.7. The maximum Gasteiger partial charge on any atom is 0.323 e. The first-order valence-electron chi connectivity index (χ1n) is 11.7. The van der Waals surface area contributed by atoms with Crippen LogP contribution in [0, 0.1) is 18.3 Å². The Kier molecular flexibility index (Phi) is 8.15. The van der Waals surface area contributed by atoms with Crippen molar-refractivity contribution in [3.8, 4) is 11.8 Å². The van der Waals surface area contributed by atoms with Gasteiger partial charge in [0.25, 0.3) is 0 Å². The van der Waals surface area contributed by atoms with Gasteiger partial charge in [-0.2, -0.15) is 5.26 Å². The summed E-state index contributed by atoms with van der Waals surface area (Å²) in [5.74, 6) is 0.589. The van der Waals surface area contributed by atoms with Gasteiger partial charge in [0, 0.05) is 42.0 Å². The Balaban J connectivity index is 1.29. The molecule has 3 aromatic carbocycles. The van der Waals surface area contributed by atoms with E-state index in [1.807, 2.05) is 49.4 Å². The number of anilines is 4. The van der Waals surface area contributed by atoms with Crippen molar-refractivity contribution in [1.29, 1.82) is 5.26 Å². The Hall–Kier alpha value is -4.23. The van der Waals surface area contributed by atoms with Crippen LogP contribution in [0.15, 0.2) is 65.1 Å².